The lowest BCUT2D eigenvalue weighted by atomic mass is 10.4. The van der Waals surface area contributed by atoms with E-state index in [9.17, 15) is 0 Å². The average Bonchev–Trinajstić information content (AvgIpc) is 1.88. The van der Waals surface area contributed by atoms with E-state index in [4.69, 9.17) is 11.1 Å². The lowest BCUT2D eigenvalue weighted by Crippen LogP contribution is -2.02. The minimum atomic E-state index is 0.131. The molecular weight excluding hydrogens is 144 g/mol. The first kappa shape index (κ1) is 7.15. The van der Waals surface area contributed by atoms with Crippen molar-refractivity contribution in [1.82, 2.24) is 0 Å². The monoisotopic (exact) mass is 152 g/mol. The van der Waals surface area contributed by atoms with Crippen molar-refractivity contribution in [1.29, 1.82) is 5.41 Å². The molecule has 0 heterocycles. The molecule has 3 heteroatoms. The lowest BCUT2D eigenvalue weighted by Gasteiger charge is -1.95. The fourth-order valence-corrected chi connectivity index (χ4v) is 1.16. The third kappa shape index (κ3) is 2.11. The van der Waals surface area contributed by atoms with Crippen LogP contribution in [0, 0.1) is 5.41 Å². The summed E-state index contributed by atoms with van der Waals surface area (Å²) in [4.78, 5) is 1.01. The predicted molar refractivity (Wildman–Crippen MR) is 44.2 cm³/mol. The van der Waals surface area contributed by atoms with E-state index >= 15 is 0 Å². The Morgan fingerprint density at radius 2 is 1.90 bits per heavy atom. The molecule has 1 rings (SSSR count). The number of nitrogens with two attached hydrogens (primary N) is 1. The third-order valence-electron chi connectivity index (χ3n) is 0.971. The zero-order valence-electron chi connectivity index (χ0n) is 5.37. The molecule has 0 aliphatic heterocycles. The molecule has 1 aromatic rings. The summed E-state index contributed by atoms with van der Waals surface area (Å²) in [6.45, 7) is 0. The maximum absolute atomic E-state index is 6.97. The van der Waals surface area contributed by atoms with Crippen LogP contribution in [0.5, 0.6) is 0 Å². The van der Waals surface area contributed by atoms with Crippen LogP contribution in [0.1, 0.15) is 0 Å². The fourth-order valence-electron chi connectivity index (χ4n) is 0.616. The molecule has 10 heavy (non-hydrogen) atoms. The van der Waals surface area contributed by atoms with Gasteiger partial charge in [0.05, 0.1) is 0 Å². The molecular formula is C7H8N2S. The highest BCUT2D eigenvalue weighted by molar-refractivity contribution is 8.13. The van der Waals surface area contributed by atoms with Crippen LogP contribution in [0.4, 0.5) is 0 Å². The van der Waals surface area contributed by atoms with E-state index in [1.54, 1.807) is 0 Å². The van der Waals surface area contributed by atoms with Crippen LogP contribution < -0.4 is 5.73 Å². The van der Waals surface area contributed by atoms with Crippen LogP contribution in [-0.4, -0.2) is 5.17 Å². The average molecular weight is 152 g/mol. The van der Waals surface area contributed by atoms with Gasteiger partial charge in [-0.05, 0) is 12.1 Å². The Hall–Kier alpha value is -0.960. The van der Waals surface area contributed by atoms with Crippen molar-refractivity contribution < 1.29 is 0 Å². The van der Waals surface area contributed by atoms with E-state index in [0.29, 0.717) is 0 Å². The molecule has 0 atom stereocenters. The van der Waals surface area contributed by atoms with Crippen LogP contribution in [0.2, 0.25) is 0 Å². The van der Waals surface area contributed by atoms with E-state index in [0.717, 1.165) is 4.90 Å². The smallest absolute Gasteiger partial charge is 0.155 e. The van der Waals surface area contributed by atoms with Crippen molar-refractivity contribution in [3.63, 3.8) is 0 Å². The molecule has 2 nitrogen and oxygen atoms in total. The molecule has 0 aromatic heterocycles. The number of hydrogen-bond donors (Lipinski definition) is 2. The maximum atomic E-state index is 6.97. The first-order valence-electron chi connectivity index (χ1n) is 2.86. The minimum Gasteiger partial charge on any atom is -0.378 e. The van der Waals surface area contributed by atoms with E-state index in [-0.39, 0.29) is 5.17 Å². The molecule has 52 valence electrons. The van der Waals surface area contributed by atoms with Gasteiger partial charge in [-0.1, -0.05) is 30.0 Å². The zero-order chi connectivity index (χ0) is 7.40. The van der Waals surface area contributed by atoms with Crippen LogP contribution >= 0.6 is 11.8 Å². The lowest BCUT2D eigenvalue weighted by molar-refractivity contribution is 1.46. The second kappa shape index (κ2) is 3.27. The van der Waals surface area contributed by atoms with Crippen LogP contribution in [0.25, 0.3) is 0 Å². The highest BCUT2D eigenvalue weighted by atomic mass is 32.2. The largest absolute Gasteiger partial charge is 0.378 e. The van der Waals surface area contributed by atoms with Gasteiger partial charge in [0.1, 0.15) is 0 Å². The summed E-state index contributed by atoms with van der Waals surface area (Å²) in [5, 5.41) is 7.10. The van der Waals surface area contributed by atoms with E-state index in [1.165, 1.54) is 11.8 Å². The zero-order valence-corrected chi connectivity index (χ0v) is 6.19. The Kier molecular flexibility index (Phi) is 2.34. The molecule has 1 aromatic carbocycles. The highest BCUT2D eigenvalue weighted by Gasteiger charge is 1.91. The maximum Gasteiger partial charge on any atom is 0.155 e. The molecule has 0 spiro atoms. The van der Waals surface area contributed by atoms with Gasteiger partial charge in [0, 0.05) is 4.90 Å². The van der Waals surface area contributed by atoms with Gasteiger partial charge < -0.3 is 5.73 Å². The third-order valence-corrected chi connectivity index (χ3v) is 1.70. The summed E-state index contributed by atoms with van der Waals surface area (Å²) in [5.74, 6) is 0. The van der Waals surface area contributed by atoms with Gasteiger partial charge in [-0.15, -0.1) is 0 Å². The molecule has 0 aliphatic rings. The standard InChI is InChI=1S/C7H8N2S/c8-7(9)10-6-4-2-1-3-5-6/h1-5H,(H3,8,9). The normalized spacial score (nSPS) is 9.20. The van der Waals surface area contributed by atoms with Crippen molar-refractivity contribution in [3.05, 3.63) is 30.3 Å². The summed E-state index contributed by atoms with van der Waals surface area (Å²) in [7, 11) is 0. The molecule has 0 amide bonds. The molecule has 0 radical (unpaired) electrons. The van der Waals surface area contributed by atoms with Gasteiger partial charge >= 0.3 is 0 Å². The number of amidine groups is 1. The van der Waals surface area contributed by atoms with E-state index in [1.807, 2.05) is 30.3 Å². The topological polar surface area (TPSA) is 49.9 Å². The second-order valence-electron chi connectivity index (χ2n) is 1.78. The van der Waals surface area contributed by atoms with Crippen molar-refractivity contribution in [3.8, 4) is 0 Å². The molecule has 0 fully saturated rings. The van der Waals surface area contributed by atoms with Gasteiger partial charge in [-0.25, -0.2) is 0 Å². The van der Waals surface area contributed by atoms with Crippen LogP contribution in [-0.2, 0) is 0 Å². The number of thioether (sulfide) groups is 1. The minimum absolute atomic E-state index is 0.131. The number of rotatable bonds is 1. The van der Waals surface area contributed by atoms with Gasteiger partial charge in [0.25, 0.3) is 0 Å². The molecule has 0 bridgehead atoms. The SMILES string of the molecule is N=C(N)Sc1ccccc1. The predicted octanol–water partition coefficient (Wildman–Crippen LogP) is 1.67. The van der Waals surface area contributed by atoms with Gasteiger partial charge in [0.15, 0.2) is 5.17 Å². The van der Waals surface area contributed by atoms with Gasteiger partial charge in [0.2, 0.25) is 0 Å². The molecule has 3 N–H and O–H groups in total. The van der Waals surface area contributed by atoms with Crippen molar-refractivity contribution in [2.45, 2.75) is 4.90 Å². The second-order valence-corrected chi connectivity index (χ2v) is 2.89. The number of benzene rings is 1. The van der Waals surface area contributed by atoms with Gasteiger partial charge in [-0.2, -0.15) is 0 Å². The number of nitrogens with one attached hydrogen (secondary N) is 1. The van der Waals surface area contributed by atoms with E-state index in [2.05, 4.69) is 0 Å². The summed E-state index contributed by atoms with van der Waals surface area (Å²) in [6, 6.07) is 9.62. The Morgan fingerprint density at radius 3 is 2.40 bits per heavy atom. The first-order valence-corrected chi connectivity index (χ1v) is 3.67. The molecule has 0 saturated carbocycles. The van der Waals surface area contributed by atoms with Crippen molar-refractivity contribution in [2.24, 2.45) is 5.73 Å². The van der Waals surface area contributed by atoms with Crippen LogP contribution in [0.15, 0.2) is 35.2 Å². The molecule has 0 saturated heterocycles. The summed E-state index contributed by atoms with van der Waals surface area (Å²) >= 11 is 1.26. The highest BCUT2D eigenvalue weighted by Crippen LogP contribution is 2.15. The van der Waals surface area contributed by atoms with Crippen molar-refractivity contribution >= 4 is 16.9 Å². The Labute approximate surface area is 63.9 Å². The summed E-state index contributed by atoms with van der Waals surface area (Å²) < 4.78 is 0. The molecule has 0 unspecified atom stereocenters. The first-order chi connectivity index (χ1) is 4.79. The quantitative estimate of drug-likeness (QED) is 0.365. The molecule has 0 aliphatic carbocycles. The summed E-state index contributed by atoms with van der Waals surface area (Å²) in [6.07, 6.45) is 0. The Bertz CT molecular complexity index is 220. The van der Waals surface area contributed by atoms with Crippen molar-refractivity contribution in [2.75, 3.05) is 0 Å². The Balaban J connectivity index is 2.67. The summed E-state index contributed by atoms with van der Waals surface area (Å²) in [5.41, 5.74) is 5.17. The number of hydrogen-bond acceptors (Lipinski definition) is 2. The van der Waals surface area contributed by atoms with Crippen LogP contribution in [0.3, 0.4) is 0 Å². The van der Waals surface area contributed by atoms with Gasteiger partial charge in [-0.3, -0.25) is 5.41 Å². The fraction of sp³-hybridized carbons (Fsp3) is 0. The van der Waals surface area contributed by atoms with E-state index < -0.39 is 0 Å². The Morgan fingerprint density at radius 1 is 1.30 bits per heavy atom.